The summed E-state index contributed by atoms with van der Waals surface area (Å²) >= 11 is 0. The van der Waals surface area contributed by atoms with E-state index in [1.165, 1.54) is 6.20 Å². The third kappa shape index (κ3) is 2.76. The first-order valence-electron chi connectivity index (χ1n) is 5.99. The van der Waals surface area contributed by atoms with Gasteiger partial charge in [-0.2, -0.15) is 4.98 Å². The lowest BCUT2D eigenvalue weighted by molar-refractivity contribution is -0.0625. The van der Waals surface area contributed by atoms with Crippen molar-refractivity contribution in [1.29, 1.82) is 0 Å². The fraction of sp³-hybridized carbons (Fsp3) is 0.600. The van der Waals surface area contributed by atoms with Gasteiger partial charge in [-0.15, -0.1) is 0 Å². The predicted molar refractivity (Wildman–Crippen MR) is 68.7 cm³/mol. The number of nitrogen functional groups attached to an aromatic ring is 1. The lowest BCUT2D eigenvalue weighted by Gasteiger charge is -2.18. The Labute approximate surface area is 118 Å². The van der Waals surface area contributed by atoms with Gasteiger partial charge in [-0.05, 0) is 12.5 Å². The van der Waals surface area contributed by atoms with Crippen LogP contribution in [-0.4, -0.2) is 44.7 Å². The number of nitrogens with two attached hydrogens (primary N) is 1. The van der Waals surface area contributed by atoms with E-state index < -0.39 is 36.8 Å². The summed E-state index contributed by atoms with van der Waals surface area (Å²) in [5, 5.41) is 22.3. The van der Waals surface area contributed by atoms with E-state index in [4.69, 9.17) is 20.8 Å². The molecule has 4 atom stereocenters. The number of hydrogen-bond donors (Lipinski definition) is 3. The predicted octanol–water partition coefficient (Wildman–Crippen LogP) is -1.00. The SMILES string of the molecule is Cc1cn([C@@H]2O[C@H](CO)C(ON=[N+]=[N-])C2O)c(=O)nc1N. The molecular weight excluding hydrogens is 284 g/mol. The largest absolute Gasteiger partial charge is 0.424 e. The second-order valence-electron chi connectivity index (χ2n) is 4.48. The smallest absolute Gasteiger partial charge is 0.351 e. The van der Waals surface area contributed by atoms with E-state index in [1.54, 1.807) is 6.92 Å². The van der Waals surface area contributed by atoms with Crippen molar-refractivity contribution >= 4 is 5.82 Å². The number of rotatable bonds is 4. The molecule has 1 aliphatic heterocycles. The summed E-state index contributed by atoms with van der Waals surface area (Å²) in [6.45, 7) is 1.15. The number of ether oxygens (including phenoxy) is 1. The van der Waals surface area contributed by atoms with E-state index in [2.05, 4.69) is 15.2 Å². The molecule has 4 N–H and O–H groups in total. The highest BCUT2D eigenvalue weighted by Crippen LogP contribution is 2.30. The number of azide groups is 1. The fourth-order valence-electron chi connectivity index (χ4n) is 2.06. The first kappa shape index (κ1) is 15.1. The van der Waals surface area contributed by atoms with Gasteiger partial charge < -0.3 is 25.5 Å². The number of aromatic nitrogens is 2. The second kappa shape index (κ2) is 5.97. The Kier molecular flexibility index (Phi) is 4.29. The van der Waals surface area contributed by atoms with Gasteiger partial charge in [0.2, 0.25) is 0 Å². The van der Waals surface area contributed by atoms with E-state index in [0.29, 0.717) is 5.56 Å². The molecule has 0 saturated carbocycles. The van der Waals surface area contributed by atoms with Crippen molar-refractivity contribution in [3.63, 3.8) is 0 Å². The van der Waals surface area contributed by atoms with Crippen LogP contribution in [0.2, 0.25) is 0 Å². The summed E-state index contributed by atoms with van der Waals surface area (Å²) in [4.78, 5) is 22.6. The number of nitrogens with zero attached hydrogens (tertiary/aromatic N) is 5. The zero-order chi connectivity index (χ0) is 15.6. The topological polar surface area (TPSA) is 169 Å². The van der Waals surface area contributed by atoms with Crippen molar-refractivity contribution in [3.8, 4) is 0 Å². The Morgan fingerprint density at radius 3 is 3.05 bits per heavy atom. The normalized spacial score (nSPS) is 28.1. The molecule has 114 valence electrons. The molecule has 1 aromatic rings. The summed E-state index contributed by atoms with van der Waals surface area (Å²) in [6.07, 6.45) is -3.17. The molecule has 0 bridgehead atoms. The highest BCUT2D eigenvalue weighted by molar-refractivity contribution is 5.35. The summed E-state index contributed by atoms with van der Waals surface area (Å²) in [6, 6.07) is 0. The maximum Gasteiger partial charge on any atom is 0.351 e. The standard InChI is InChI=1S/C10H14N6O5/c1-4-2-16(10(19)13-8(4)11)9-6(18)7(21-15-14-12)5(3-17)20-9/h2,5-7,9,17-18H,3H2,1H3,(H2,11,13,19)/t5-,6?,7?,9-/m1/s1. The zero-order valence-corrected chi connectivity index (χ0v) is 11.0. The van der Waals surface area contributed by atoms with Gasteiger partial charge in [-0.25, -0.2) is 4.79 Å². The average molecular weight is 298 g/mol. The first-order valence-corrected chi connectivity index (χ1v) is 5.99. The summed E-state index contributed by atoms with van der Waals surface area (Å²) in [5.41, 5.74) is 13.6. The Balaban J connectivity index is 2.35. The number of anilines is 1. The molecule has 0 amide bonds. The van der Waals surface area contributed by atoms with E-state index >= 15 is 0 Å². The van der Waals surface area contributed by atoms with Crippen molar-refractivity contribution in [2.24, 2.45) is 5.28 Å². The molecule has 1 aromatic heterocycles. The Bertz CT molecular complexity index is 627. The zero-order valence-electron chi connectivity index (χ0n) is 11.0. The van der Waals surface area contributed by atoms with Gasteiger partial charge in [0.1, 0.15) is 23.3 Å². The van der Waals surface area contributed by atoms with Gasteiger partial charge in [-0.1, -0.05) is 0 Å². The van der Waals surface area contributed by atoms with Gasteiger partial charge in [0.25, 0.3) is 0 Å². The summed E-state index contributed by atoms with van der Waals surface area (Å²) in [5.74, 6) is 0.0734. The molecule has 0 radical (unpaired) electrons. The van der Waals surface area contributed by atoms with Crippen LogP contribution in [0.4, 0.5) is 5.82 Å². The van der Waals surface area contributed by atoms with Crippen molar-refractivity contribution in [2.45, 2.75) is 31.5 Å². The van der Waals surface area contributed by atoms with Crippen LogP contribution in [0.5, 0.6) is 0 Å². The fourth-order valence-corrected chi connectivity index (χ4v) is 2.06. The van der Waals surface area contributed by atoms with E-state index in [9.17, 15) is 15.0 Å². The number of aliphatic hydroxyl groups excluding tert-OH is 2. The quantitative estimate of drug-likeness (QED) is 0.277. The van der Waals surface area contributed by atoms with Crippen molar-refractivity contribution in [2.75, 3.05) is 12.3 Å². The van der Waals surface area contributed by atoms with Gasteiger partial charge in [-0.3, -0.25) is 4.57 Å². The minimum absolute atomic E-state index is 0.0734. The number of aryl methyl sites for hydroxylation is 1. The molecule has 0 spiro atoms. The van der Waals surface area contributed by atoms with Crippen molar-refractivity contribution in [3.05, 3.63) is 32.7 Å². The molecule has 1 saturated heterocycles. The van der Waals surface area contributed by atoms with E-state index in [0.717, 1.165) is 4.57 Å². The Morgan fingerprint density at radius 2 is 2.43 bits per heavy atom. The van der Waals surface area contributed by atoms with Gasteiger partial charge in [0.15, 0.2) is 12.3 Å². The second-order valence-corrected chi connectivity index (χ2v) is 4.48. The number of aliphatic hydroxyl groups is 2. The van der Waals surface area contributed by atoms with E-state index in [1.807, 2.05) is 0 Å². The lowest BCUT2D eigenvalue weighted by atomic mass is 10.1. The van der Waals surface area contributed by atoms with Gasteiger partial charge >= 0.3 is 5.69 Å². The third-order valence-electron chi connectivity index (χ3n) is 3.14. The van der Waals surface area contributed by atoms with Crippen LogP contribution in [0.3, 0.4) is 0 Å². The maximum absolute atomic E-state index is 11.8. The minimum atomic E-state index is -1.34. The average Bonchev–Trinajstić information content (AvgIpc) is 2.77. The molecule has 0 aliphatic carbocycles. The maximum atomic E-state index is 11.8. The minimum Gasteiger partial charge on any atom is -0.424 e. The molecule has 21 heavy (non-hydrogen) atoms. The molecule has 2 heterocycles. The Hall–Kier alpha value is -2.33. The molecule has 11 heteroatoms. The van der Waals surface area contributed by atoms with Crippen LogP contribution in [0, 0.1) is 6.92 Å². The van der Waals surface area contributed by atoms with Crippen molar-refractivity contribution in [1.82, 2.24) is 9.55 Å². The highest BCUT2D eigenvalue weighted by atomic mass is 16.7. The molecule has 1 fully saturated rings. The van der Waals surface area contributed by atoms with Gasteiger partial charge in [0, 0.05) is 16.7 Å². The molecule has 0 aromatic carbocycles. The Morgan fingerprint density at radius 1 is 1.71 bits per heavy atom. The molecule has 2 rings (SSSR count). The third-order valence-corrected chi connectivity index (χ3v) is 3.14. The monoisotopic (exact) mass is 298 g/mol. The summed E-state index contributed by atoms with van der Waals surface area (Å²) in [7, 11) is 0. The number of hydrogen-bond acceptors (Lipinski definition) is 8. The molecule has 1 aliphatic rings. The van der Waals surface area contributed by atoms with Crippen LogP contribution in [-0.2, 0) is 9.57 Å². The van der Waals surface area contributed by atoms with Gasteiger partial charge in [0.05, 0.1) is 6.61 Å². The van der Waals surface area contributed by atoms with Crippen LogP contribution in [0.1, 0.15) is 11.8 Å². The highest BCUT2D eigenvalue weighted by Gasteiger charge is 2.46. The lowest BCUT2D eigenvalue weighted by Crippen LogP contribution is -2.37. The van der Waals surface area contributed by atoms with Crippen LogP contribution in [0.15, 0.2) is 16.3 Å². The van der Waals surface area contributed by atoms with Crippen LogP contribution >= 0.6 is 0 Å². The molecule has 2 unspecified atom stereocenters. The van der Waals surface area contributed by atoms with E-state index in [-0.39, 0.29) is 5.82 Å². The summed E-state index contributed by atoms with van der Waals surface area (Å²) < 4.78 is 6.41. The molecular formula is C10H14N6O5. The van der Waals surface area contributed by atoms with Crippen LogP contribution < -0.4 is 11.4 Å². The van der Waals surface area contributed by atoms with Crippen molar-refractivity contribution < 1.29 is 19.8 Å². The van der Waals surface area contributed by atoms with Crippen LogP contribution in [0.25, 0.3) is 10.4 Å². The molecule has 11 nitrogen and oxygen atoms in total. The first-order chi connectivity index (χ1) is 9.99.